The number of likely N-dealkylation sites (tertiary alicyclic amines) is 2. The lowest BCUT2D eigenvalue weighted by molar-refractivity contribution is -0.132. The zero-order valence-corrected chi connectivity index (χ0v) is 27.8. The van der Waals surface area contributed by atoms with Gasteiger partial charge >= 0.3 is 0 Å². The molecule has 5 heterocycles. The van der Waals surface area contributed by atoms with Crippen LogP contribution in [0.1, 0.15) is 43.4 Å². The maximum atomic E-state index is 14.5. The van der Waals surface area contributed by atoms with Crippen LogP contribution < -0.4 is 15.8 Å². The number of nitrogens with zero attached hydrogens (tertiary/aromatic N) is 6. The van der Waals surface area contributed by atoms with Crippen molar-refractivity contribution in [3.63, 3.8) is 0 Å². The first-order chi connectivity index (χ1) is 22.2. The van der Waals surface area contributed by atoms with Crippen molar-refractivity contribution in [3.05, 3.63) is 75.2 Å². The summed E-state index contributed by atoms with van der Waals surface area (Å²) in [5, 5.41) is 4.72. The SMILES string of the molecule is CCC(=O)N1CCC[C@H](n2c(=O)c(-c3ccccc3Cl)c(C)c3cnc(Nc4ccc(N5C[C@H]6CN(C)C[C@H]6C5)c(C)c4)nc32)C1. The Labute approximate surface area is 275 Å². The molecule has 3 aliphatic heterocycles. The molecule has 2 aromatic heterocycles. The van der Waals surface area contributed by atoms with Gasteiger partial charge in [-0.15, -0.1) is 0 Å². The van der Waals surface area contributed by atoms with Gasteiger partial charge in [0.25, 0.3) is 5.56 Å². The van der Waals surface area contributed by atoms with Gasteiger partial charge in [0.15, 0.2) is 0 Å². The molecule has 0 unspecified atom stereocenters. The van der Waals surface area contributed by atoms with Crippen molar-refractivity contribution in [2.24, 2.45) is 11.8 Å². The lowest BCUT2D eigenvalue weighted by Gasteiger charge is -2.34. The van der Waals surface area contributed by atoms with Crippen molar-refractivity contribution in [1.29, 1.82) is 0 Å². The van der Waals surface area contributed by atoms with E-state index in [-0.39, 0.29) is 17.5 Å². The summed E-state index contributed by atoms with van der Waals surface area (Å²) in [5.41, 5.74) is 5.82. The Balaban J connectivity index is 1.26. The number of halogens is 1. The maximum absolute atomic E-state index is 14.5. The van der Waals surface area contributed by atoms with Crippen molar-refractivity contribution < 1.29 is 4.79 Å². The number of carbonyl (C=O) groups is 1. The Morgan fingerprint density at radius 3 is 2.52 bits per heavy atom. The highest BCUT2D eigenvalue weighted by Gasteiger charge is 2.39. The van der Waals surface area contributed by atoms with Crippen molar-refractivity contribution in [1.82, 2.24) is 24.3 Å². The van der Waals surface area contributed by atoms with Crippen LogP contribution in [-0.2, 0) is 4.79 Å². The molecule has 7 rings (SSSR count). The topological polar surface area (TPSA) is 86.6 Å². The Kier molecular flexibility index (Phi) is 8.23. The van der Waals surface area contributed by atoms with Crippen LogP contribution in [0.25, 0.3) is 22.2 Å². The molecular formula is C36H42ClN7O2. The minimum Gasteiger partial charge on any atom is -0.371 e. The number of piperidine rings is 1. The van der Waals surface area contributed by atoms with E-state index in [0.29, 0.717) is 47.3 Å². The molecule has 2 aromatic carbocycles. The van der Waals surface area contributed by atoms with Crippen LogP contribution in [0.15, 0.2) is 53.5 Å². The minimum absolute atomic E-state index is 0.0979. The van der Waals surface area contributed by atoms with Gasteiger partial charge in [-0.25, -0.2) is 4.98 Å². The highest BCUT2D eigenvalue weighted by atomic mass is 35.5. The molecule has 46 heavy (non-hydrogen) atoms. The predicted molar refractivity (Wildman–Crippen MR) is 185 cm³/mol. The molecular weight excluding hydrogens is 598 g/mol. The second-order valence-corrected chi connectivity index (χ2v) is 13.8. The normalized spacial score (nSPS) is 21.6. The number of pyridine rings is 1. The molecule has 0 aliphatic carbocycles. The van der Waals surface area contributed by atoms with E-state index in [2.05, 4.69) is 47.3 Å². The Morgan fingerprint density at radius 1 is 1.04 bits per heavy atom. The first-order valence-electron chi connectivity index (χ1n) is 16.5. The molecule has 0 spiro atoms. The average molecular weight is 640 g/mol. The fourth-order valence-electron chi connectivity index (χ4n) is 7.97. The standard InChI is InChI=1S/C36H42ClN7O2/c1-5-32(45)42-14-8-9-27(21-42)44-34-29(23(3)33(35(44)46)28-10-6-7-11-30(28)37)16-38-36(40-34)39-26-12-13-31(22(2)15-26)43-19-24-17-41(4)18-25(24)20-43/h6-7,10-13,15-16,24-25,27H,5,8-9,14,17-21H2,1-4H3,(H,38,39,40)/t24-,25+,27-/m0/s1. The summed E-state index contributed by atoms with van der Waals surface area (Å²) < 4.78 is 1.79. The molecule has 3 saturated heterocycles. The average Bonchev–Trinajstić information content (AvgIpc) is 3.59. The van der Waals surface area contributed by atoms with Gasteiger partial charge in [0.05, 0.1) is 11.6 Å². The second-order valence-electron chi connectivity index (χ2n) is 13.3. The van der Waals surface area contributed by atoms with Gasteiger partial charge in [-0.2, -0.15) is 4.98 Å². The van der Waals surface area contributed by atoms with Crippen LogP contribution in [-0.4, -0.2) is 76.6 Å². The second kappa shape index (κ2) is 12.3. The third-order valence-corrected chi connectivity index (χ3v) is 10.6. The smallest absolute Gasteiger partial charge is 0.260 e. The summed E-state index contributed by atoms with van der Waals surface area (Å²) in [6, 6.07) is 13.7. The summed E-state index contributed by atoms with van der Waals surface area (Å²) in [5.74, 6) is 2.00. The summed E-state index contributed by atoms with van der Waals surface area (Å²) in [6.07, 6.45) is 3.83. The number of aromatic nitrogens is 3. The number of nitrogens with one attached hydrogen (secondary N) is 1. The van der Waals surface area contributed by atoms with Crippen molar-refractivity contribution >= 4 is 45.9 Å². The van der Waals surface area contributed by atoms with E-state index in [9.17, 15) is 9.59 Å². The van der Waals surface area contributed by atoms with Crippen molar-refractivity contribution in [2.75, 3.05) is 56.5 Å². The van der Waals surface area contributed by atoms with E-state index < -0.39 is 0 Å². The van der Waals surface area contributed by atoms with E-state index in [0.717, 1.165) is 54.4 Å². The summed E-state index contributed by atoms with van der Waals surface area (Å²) in [7, 11) is 2.22. The molecule has 0 radical (unpaired) electrons. The van der Waals surface area contributed by atoms with Gasteiger partial charge in [-0.1, -0.05) is 36.7 Å². The fourth-order valence-corrected chi connectivity index (χ4v) is 8.20. The number of hydrogen-bond acceptors (Lipinski definition) is 7. The zero-order valence-electron chi connectivity index (χ0n) is 27.1. The fraction of sp³-hybridized carbons (Fsp3) is 0.444. The number of amides is 1. The van der Waals surface area contributed by atoms with E-state index in [1.54, 1.807) is 16.8 Å². The van der Waals surface area contributed by atoms with Gasteiger partial charge in [-0.05, 0) is 81.0 Å². The summed E-state index contributed by atoms with van der Waals surface area (Å²) in [6.45, 7) is 11.7. The molecule has 0 bridgehead atoms. The molecule has 3 fully saturated rings. The van der Waals surface area contributed by atoms with Gasteiger partial charge in [0.1, 0.15) is 5.65 Å². The van der Waals surface area contributed by atoms with E-state index in [1.807, 2.05) is 36.9 Å². The zero-order chi connectivity index (χ0) is 32.1. The predicted octanol–water partition coefficient (Wildman–Crippen LogP) is 6.04. The number of anilines is 3. The Hall–Kier alpha value is -3.95. The minimum atomic E-state index is -0.217. The molecule has 10 heteroatoms. The highest BCUT2D eigenvalue weighted by Crippen LogP contribution is 2.36. The van der Waals surface area contributed by atoms with E-state index in [4.69, 9.17) is 21.6 Å². The number of rotatable bonds is 6. The van der Waals surface area contributed by atoms with Gasteiger partial charge < -0.3 is 20.0 Å². The Bertz CT molecular complexity index is 1860. The van der Waals surface area contributed by atoms with Crippen LogP contribution in [0.4, 0.5) is 17.3 Å². The Morgan fingerprint density at radius 2 is 1.80 bits per heavy atom. The monoisotopic (exact) mass is 639 g/mol. The largest absolute Gasteiger partial charge is 0.371 e. The number of carbonyl (C=O) groups excluding carboxylic acids is 1. The molecule has 1 N–H and O–H groups in total. The summed E-state index contributed by atoms with van der Waals surface area (Å²) >= 11 is 6.64. The molecule has 0 saturated carbocycles. The van der Waals surface area contributed by atoms with Crippen LogP contribution in [0, 0.1) is 25.7 Å². The van der Waals surface area contributed by atoms with E-state index in [1.165, 1.54) is 24.3 Å². The first kappa shape index (κ1) is 30.7. The maximum Gasteiger partial charge on any atom is 0.260 e. The van der Waals surface area contributed by atoms with Crippen LogP contribution in [0.3, 0.4) is 0 Å². The van der Waals surface area contributed by atoms with Crippen LogP contribution in [0.2, 0.25) is 5.02 Å². The molecule has 3 atom stereocenters. The summed E-state index contributed by atoms with van der Waals surface area (Å²) in [4.78, 5) is 43.7. The highest BCUT2D eigenvalue weighted by molar-refractivity contribution is 6.33. The third kappa shape index (κ3) is 5.53. The van der Waals surface area contributed by atoms with Crippen molar-refractivity contribution in [2.45, 2.75) is 46.1 Å². The number of fused-ring (bicyclic) bond motifs is 2. The molecule has 3 aliphatic rings. The molecule has 240 valence electrons. The number of aryl methyl sites for hydroxylation is 2. The molecule has 9 nitrogen and oxygen atoms in total. The first-order valence-corrected chi connectivity index (χ1v) is 16.8. The van der Waals surface area contributed by atoms with E-state index >= 15 is 0 Å². The van der Waals surface area contributed by atoms with Crippen LogP contribution in [0.5, 0.6) is 0 Å². The quantitative estimate of drug-likeness (QED) is 0.275. The lowest BCUT2D eigenvalue weighted by atomic mass is 9.98. The molecule has 4 aromatic rings. The van der Waals surface area contributed by atoms with Gasteiger partial charge in [0.2, 0.25) is 11.9 Å². The van der Waals surface area contributed by atoms with Crippen molar-refractivity contribution in [3.8, 4) is 11.1 Å². The number of hydrogen-bond donors (Lipinski definition) is 1. The third-order valence-electron chi connectivity index (χ3n) is 10.2. The van der Waals surface area contributed by atoms with Gasteiger partial charge in [-0.3, -0.25) is 14.2 Å². The van der Waals surface area contributed by atoms with Crippen LogP contribution >= 0.6 is 11.6 Å². The molecule has 1 amide bonds. The van der Waals surface area contributed by atoms with Gasteiger partial charge in [0, 0.05) is 79.2 Å². The lowest BCUT2D eigenvalue weighted by Crippen LogP contribution is -2.43. The number of benzene rings is 2.